The van der Waals surface area contributed by atoms with E-state index in [2.05, 4.69) is 47.1 Å². The maximum Gasteiger partial charge on any atom is 0.323 e. The number of piperidine rings is 1. The summed E-state index contributed by atoms with van der Waals surface area (Å²) in [6.45, 7) is 9.01. The zero-order valence-electron chi connectivity index (χ0n) is 50.2. The summed E-state index contributed by atoms with van der Waals surface area (Å²) in [7, 11) is 4.92. The van der Waals surface area contributed by atoms with Crippen LogP contribution in [0.5, 0.6) is 5.75 Å². The highest BCUT2D eigenvalue weighted by Crippen LogP contribution is 2.42. The number of anilines is 3. The third kappa shape index (κ3) is 15.4. The molecule has 3 aliphatic heterocycles. The Bertz CT molecular complexity index is 3630. The molecular weight excluding hydrogens is 1130 g/mol. The lowest BCUT2D eigenvalue weighted by Gasteiger charge is -2.36. The van der Waals surface area contributed by atoms with Gasteiger partial charge in [0.25, 0.3) is 11.5 Å². The van der Waals surface area contributed by atoms with Crippen molar-refractivity contribution in [2.75, 3.05) is 154 Å². The number of aromatic amines is 1. The monoisotopic (exact) mass is 1210 g/mol. The molecule has 2 fully saturated rings. The molecule has 1 atom stereocenters. The largest absolute Gasteiger partial charge is 0.496 e. The average molecular weight is 1210 g/mol. The van der Waals surface area contributed by atoms with Crippen molar-refractivity contribution in [3.05, 3.63) is 131 Å². The fourth-order valence-electron chi connectivity index (χ4n) is 11.7. The van der Waals surface area contributed by atoms with Crippen LogP contribution in [0.2, 0.25) is 0 Å². The van der Waals surface area contributed by atoms with E-state index < -0.39 is 23.9 Å². The van der Waals surface area contributed by atoms with E-state index >= 15 is 4.39 Å². The van der Waals surface area contributed by atoms with E-state index in [1.54, 1.807) is 60.2 Å². The number of methoxy groups -OCH3 is 1. The van der Waals surface area contributed by atoms with E-state index in [1.807, 2.05) is 54.9 Å². The summed E-state index contributed by atoms with van der Waals surface area (Å²) in [6, 6.07) is 20.4. The number of carboxylic acids is 1. The number of hydrogen-bond donors (Lipinski definition) is 2. The van der Waals surface area contributed by atoms with Crippen molar-refractivity contribution < 1.29 is 52.4 Å². The Balaban J connectivity index is 0.644. The molecule has 466 valence electrons. The molecule has 3 amide bonds. The van der Waals surface area contributed by atoms with Gasteiger partial charge in [0.15, 0.2) is 5.82 Å². The van der Waals surface area contributed by atoms with Gasteiger partial charge in [-0.3, -0.25) is 38.5 Å². The molecule has 3 aliphatic rings. The number of pyridine rings is 2. The molecule has 88 heavy (non-hydrogen) atoms. The molecule has 24 heteroatoms. The summed E-state index contributed by atoms with van der Waals surface area (Å²) in [5, 5.41) is 19.9. The first-order valence-corrected chi connectivity index (χ1v) is 30.0. The van der Waals surface area contributed by atoms with Crippen molar-refractivity contribution >= 4 is 68.0 Å². The maximum atomic E-state index is 16.8. The molecular formula is C64H77FN12O11. The van der Waals surface area contributed by atoms with Crippen LogP contribution in [0, 0.1) is 11.7 Å². The Morgan fingerprint density at radius 1 is 0.795 bits per heavy atom. The smallest absolute Gasteiger partial charge is 0.323 e. The molecule has 4 aromatic heterocycles. The average Bonchev–Trinajstić information content (AvgIpc) is 2.10. The van der Waals surface area contributed by atoms with Crippen LogP contribution in [0.1, 0.15) is 41.7 Å². The van der Waals surface area contributed by atoms with E-state index in [0.29, 0.717) is 106 Å². The van der Waals surface area contributed by atoms with Crippen molar-refractivity contribution in [2.45, 2.75) is 38.8 Å². The van der Waals surface area contributed by atoms with Gasteiger partial charge in [-0.25, -0.2) is 4.39 Å². The van der Waals surface area contributed by atoms with Crippen molar-refractivity contribution in [1.82, 2.24) is 44.2 Å². The number of carboxylic acid groups (broad SMARTS) is 1. The van der Waals surface area contributed by atoms with Crippen LogP contribution < -0.4 is 25.0 Å². The Kier molecular flexibility index (Phi) is 21.2. The molecule has 7 heterocycles. The Morgan fingerprint density at radius 2 is 1.56 bits per heavy atom. The van der Waals surface area contributed by atoms with Gasteiger partial charge in [-0.05, 0) is 60.7 Å². The van der Waals surface area contributed by atoms with Gasteiger partial charge in [-0.15, -0.1) is 5.10 Å². The molecule has 7 aromatic rings. The van der Waals surface area contributed by atoms with Gasteiger partial charge < -0.3 is 62.8 Å². The lowest BCUT2D eigenvalue weighted by Crippen LogP contribution is -2.47. The molecule has 1 unspecified atom stereocenters. The molecule has 23 nitrogen and oxygen atoms in total. The van der Waals surface area contributed by atoms with Crippen LogP contribution in [-0.4, -0.2) is 213 Å². The Morgan fingerprint density at radius 3 is 2.30 bits per heavy atom. The van der Waals surface area contributed by atoms with E-state index in [9.17, 15) is 29.1 Å². The van der Waals surface area contributed by atoms with Gasteiger partial charge >= 0.3 is 5.97 Å². The van der Waals surface area contributed by atoms with Crippen molar-refractivity contribution in [3.63, 3.8) is 0 Å². The minimum atomic E-state index is -1.16. The minimum Gasteiger partial charge on any atom is -0.496 e. The van der Waals surface area contributed by atoms with Crippen LogP contribution in [0.15, 0.2) is 109 Å². The second kappa shape index (κ2) is 29.9. The standard InChI is InChI=1S/C64H77FN12O11/c1-70(2)64(83)55-38-54-53(37-52(61(65)62(54)68-55)46-9-6-19-74(41-46)59(79)16-20-76-21-17-67-69-76)51-14-12-48(36-57(51)84-3)72-24-22-71(23-25-72)26-28-85-30-32-87-34-35-88-33-31-86-29-27-77(49-13-15-58(78)75(43-49)44-60(80)81)63(82)47-10-7-18-73(42-47)56-40-66-39-45-8-4-5-11-50(45)56/h4-5,8-9,11-15,17,21,36-40,43,47,68H,6-7,10,16,18-20,22-35,41-42,44H2,1-3H3,(H,80,81). The summed E-state index contributed by atoms with van der Waals surface area (Å²) in [5.41, 5.74) is 4.83. The SMILES string of the molecule is COc1cc(N2CCN(CCOCCOCCOCCOCCN(C(=O)C3CCCN(c4cncc5ccccc45)C3)c3ccc(=O)n(CC(=O)O)c3)CC2)ccc1-c1cc(C2=CCCN(C(=O)CCn3ccnn3)C2)c(F)c2[nH]c(C(=O)N(C)C)cc12. The number of amides is 3. The predicted molar refractivity (Wildman–Crippen MR) is 331 cm³/mol. The second-order valence-electron chi connectivity index (χ2n) is 22.3. The highest BCUT2D eigenvalue weighted by atomic mass is 19.1. The van der Waals surface area contributed by atoms with Crippen LogP contribution in [0.4, 0.5) is 21.5 Å². The fraction of sp³-hybridized carbons (Fsp3) is 0.438. The number of carbonyl (C=O) groups is 4. The third-order valence-electron chi connectivity index (χ3n) is 16.3. The van der Waals surface area contributed by atoms with Gasteiger partial charge in [0.05, 0.1) is 102 Å². The lowest BCUT2D eigenvalue weighted by molar-refractivity contribution is -0.137. The lowest BCUT2D eigenvalue weighted by atomic mass is 9.92. The minimum absolute atomic E-state index is 0.0607. The van der Waals surface area contributed by atoms with Crippen molar-refractivity contribution in [1.29, 1.82) is 0 Å². The summed E-state index contributed by atoms with van der Waals surface area (Å²) >= 11 is 0. The topological polar surface area (TPSA) is 235 Å². The summed E-state index contributed by atoms with van der Waals surface area (Å²) in [5.74, 6) is -1.90. The summed E-state index contributed by atoms with van der Waals surface area (Å²) < 4.78 is 48.9. The van der Waals surface area contributed by atoms with Crippen LogP contribution >= 0.6 is 0 Å². The molecule has 10 rings (SSSR count). The summed E-state index contributed by atoms with van der Waals surface area (Å²) in [6.07, 6.45) is 12.6. The molecule has 0 aliphatic carbocycles. The fourth-order valence-corrected chi connectivity index (χ4v) is 11.7. The van der Waals surface area contributed by atoms with Crippen molar-refractivity contribution in [2.24, 2.45) is 5.92 Å². The predicted octanol–water partition coefficient (Wildman–Crippen LogP) is 5.91. The number of fused-ring (bicyclic) bond motifs is 2. The number of piperazine rings is 1. The normalized spacial score (nSPS) is 15.7. The number of rotatable bonds is 28. The molecule has 3 aromatic carbocycles. The van der Waals surface area contributed by atoms with E-state index in [4.69, 9.17) is 23.7 Å². The number of aryl methyl sites for hydroxylation is 1. The number of nitrogens with zero attached hydrogens (tertiary/aromatic N) is 11. The van der Waals surface area contributed by atoms with Crippen LogP contribution in [0.25, 0.3) is 38.4 Å². The number of H-pyrrole nitrogens is 1. The van der Waals surface area contributed by atoms with Gasteiger partial charge in [-0.2, -0.15) is 0 Å². The van der Waals surface area contributed by atoms with E-state index in [1.165, 1.54) is 17.2 Å². The zero-order chi connectivity index (χ0) is 61.5. The number of halogens is 1. The molecule has 0 radical (unpaired) electrons. The third-order valence-corrected chi connectivity index (χ3v) is 16.3. The maximum absolute atomic E-state index is 16.8. The number of carbonyl (C=O) groups excluding carboxylic acids is 3. The first kappa shape index (κ1) is 62.5. The quantitative estimate of drug-likeness (QED) is 0.0542. The van der Waals surface area contributed by atoms with Gasteiger partial charge in [0, 0.05) is 150 Å². The molecule has 2 N–H and O–H groups in total. The van der Waals surface area contributed by atoms with E-state index in [-0.39, 0.29) is 67.6 Å². The highest BCUT2D eigenvalue weighted by molar-refractivity contribution is 6.05. The van der Waals surface area contributed by atoms with Crippen LogP contribution in [0.3, 0.4) is 0 Å². The van der Waals surface area contributed by atoms with Crippen molar-refractivity contribution in [3.8, 4) is 16.9 Å². The van der Waals surface area contributed by atoms with E-state index in [0.717, 1.165) is 78.0 Å². The van der Waals surface area contributed by atoms with Crippen LogP contribution in [-0.2, 0) is 46.4 Å². The number of aliphatic carboxylic acids is 1. The number of ether oxygens (including phenoxy) is 5. The second-order valence-corrected chi connectivity index (χ2v) is 22.3. The Hall–Kier alpha value is -8.55. The zero-order valence-corrected chi connectivity index (χ0v) is 50.2. The summed E-state index contributed by atoms with van der Waals surface area (Å²) in [4.78, 5) is 84.3. The first-order chi connectivity index (χ1) is 42.8. The van der Waals surface area contributed by atoms with Gasteiger partial charge in [0.1, 0.15) is 18.0 Å². The molecule has 0 saturated carbocycles. The number of hydrogen-bond acceptors (Lipinski definition) is 16. The number of nitrogens with one attached hydrogen (secondary N) is 1. The Labute approximate surface area is 509 Å². The molecule has 0 spiro atoms. The number of aromatic nitrogens is 6. The number of benzene rings is 3. The first-order valence-electron chi connectivity index (χ1n) is 30.0. The van der Waals surface area contributed by atoms with Gasteiger partial charge in [-0.1, -0.05) is 35.6 Å². The van der Waals surface area contributed by atoms with Gasteiger partial charge in [0.2, 0.25) is 11.8 Å². The molecule has 2 saturated heterocycles. The molecule has 0 bridgehead atoms. The highest BCUT2D eigenvalue weighted by Gasteiger charge is 2.32.